The summed E-state index contributed by atoms with van der Waals surface area (Å²) in [7, 11) is 0. The molecule has 1 aromatic carbocycles. The van der Waals surface area contributed by atoms with Crippen LogP contribution < -0.4 is 10.6 Å². The lowest BCUT2D eigenvalue weighted by Crippen LogP contribution is -2.52. The molecule has 2 aliphatic rings. The van der Waals surface area contributed by atoms with Gasteiger partial charge in [0.25, 0.3) is 0 Å². The number of guanidine groups is 1. The van der Waals surface area contributed by atoms with E-state index in [9.17, 15) is 5.11 Å². The van der Waals surface area contributed by atoms with Gasteiger partial charge in [0.05, 0.1) is 25.4 Å². The van der Waals surface area contributed by atoms with Crippen LogP contribution in [0.15, 0.2) is 29.3 Å². The summed E-state index contributed by atoms with van der Waals surface area (Å²) in [5.74, 6) is 0.739. The Labute approximate surface area is 194 Å². The van der Waals surface area contributed by atoms with Gasteiger partial charge in [-0.1, -0.05) is 37.1 Å². The maximum absolute atomic E-state index is 10.8. The maximum Gasteiger partial charge on any atom is 0.191 e. The van der Waals surface area contributed by atoms with Gasteiger partial charge in [0.15, 0.2) is 5.96 Å². The fraction of sp³-hybridized carbons (Fsp3) is 0.720. The molecule has 0 saturated carbocycles. The van der Waals surface area contributed by atoms with Gasteiger partial charge in [0.2, 0.25) is 0 Å². The Morgan fingerprint density at radius 1 is 0.969 bits per heavy atom. The van der Waals surface area contributed by atoms with Crippen molar-refractivity contribution in [3.05, 3.63) is 35.4 Å². The Kier molecular flexibility index (Phi) is 10.2. The molecule has 2 saturated heterocycles. The molecular formula is C25H43N5O2. The van der Waals surface area contributed by atoms with Crippen LogP contribution in [0.2, 0.25) is 0 Å². The van der Waals surface area contributed by atoms with E-state index in [1.165, 1.54) is 49.9 Å². The van der Waals surface area contributed by atoms with E-state index < -0.39 is 5.60 Å². The first kappa shape index (κ1) is 25.0. The molecule has 1 unspecified atom stereocenters. The van der Waals surface area contributed by atoms with E-state index in [-0.39, 0.29) is 0 Å². The van der Waals surface area contributed by atoms with Crippen LogP contribution in [0.4, 0.5) is 0 Å². The Balaban J connectivity index is 1.48. The molecule has 0 aromatic heterocycles. The largest absolute Gasteiger partial charge is 0.387 e. The molecule has 1 atom stereocenters. The highest BCUT2D eigenvalue weighted by atomic mass is 16.5. The third-order valence-electron chi connectivity index (χ3n) is 6.20. The summed E-state index contributed by atoms with van der Waals surface area (Å²) in [5.41, 5.74) is 1.74. The number of aliphatic hydroxyl groups is 1. The van der Waals surface area contributed by atoms with Gasteiger partial charge in [-0.3, -0.25) is 9.80 Å². The fourth-order valence-electron chi connectivity index (χ4n) is 4.39. The van der Waals surface area contributed by atoms with Gasteiger partial charge in [-0.15, -0.1) is 0 Å². The lowest BCUT2D eigenvalue weighted by atomic mass is 10.1. The SMILES string of the molecule is CCNC(=NCc1ccc(CN2CCCCCC2)cc1)NCC(C)(O)CN1CCOCC1. The van der Waals surface area contributed by atoms with Crippen LogP contribution in [-0.4, -0.2) is 85.5 Å². The number of nitrogens with one attached hydrogen (secondary N) is 2. The predicted molar refractivity (Wildman–Crippen MR) is 131 cm³/mol. The number of β-amino-alcohol motifs (C(OH)–C–C–N with tert-alkyl or cyclic N) is 1. The molecule has 7 heteroatoms. The zero-order valence-corrected chi connectivity index (χ0v) is 20.1. The van der Waals surface area contributed by atoms with Crippen molar-refractivity contribution >= 4 is 5.96 Å². The summed E-state index contributed by atoms with van der Waals surface area (Å²) in [6.45, 7) is 13.1. The number of hydrogen-bond acceptors (Lipinski definition) is 5. The minimum absolute atomic E-state index is 0.449. The molecule has 3 rings (SSSR count). The van der Waals surface area contributed by atoms with Crippen molar-refractivity contribution in [1.82, 2.24) is 20.4 Å². The fourth-order valence-corrected chi connectivity index (χ4v) is 4.39. The first-order chi connectivity index (χ1) is 15.5. The molecule has 0 bridgehead atoms. The topological polar surface area (TPSA) is 72.4 Å². The van der Waals surface area contributed by atoms with Crippen LogP contribution in [0.1, 0.15) is 50.7 Å². The van der Waals surface area contributed by atoms with Crippen molar-refractivity contribution in [2.45, 2.75) is 58.2 Å². The number of aliphatic imine (C=N–C) groups is 1. The van der Waals surface area contributed by atoms with Crippen LogP contribution in [0, 0.1) is 0 Å². The van der Waals surface area contributed by atoms with Gasteiger partial charge in [-0.2, -0.15) is 0 Å². The molecule has 2 heterocycles. The third kappa shape index (κ3) is 9.06. The van der Waals surface area contributed by atoms with Gasteiger partial charge in [-0.25, -0.2) is 4.99 Å². The first-order valence-corrected chi connectivity index (χ1v) is 12.4. The molecule has 2 fully saturated rings. The molecule has 0 aliphatic carbocycles. The number of likely N-dealkylation sites (tertiary alicyclic amines) is 1. The highest BCUT2D eigenvalue weighted by Crippen LogP contribution is 2.14. The van der Waals surface area contributed by atoms with Gasteiger partial charge >= 0.3 is 0 Å². The molecular weight excluding hydrogens is 402 g/mol. The van der Waals surface area contributed by atoms with Crippen molar-refractivity contribution in [2.24, 2.45) is 4.99 Å². The normalized spacial score (nSPS) is 21.0. The molecule has 2 aliphatic heterocycles. The van der Waals surface area contributed by atoms with Crippen LogP contribution >= 0.6 is 0 Å². The second kappa shape index (κ2) is 13.1. The van der Waals surface area contributed by atoms with E-state index in [0.717, 1.165) is 45.4 Å². The van der Waals surface area contributed by atoms with E-state index >= 15 is 0 Å². The number of nitrogens with zero attached hydrogens (tertiary/aromatic N) is 3. The molecule has 180 valence electrons. The van der Waals surface area contributed by atoms with Gasteiger partial charge < -0.3 is 20.5 Å². The second-order valence-electron chi connectivity index (χ2n) is 9.44. The zero-order valence-electron chi connectivity index (χ0n) is 20.1. The van der Waals surface area contributed by atoms with E-state index in [4.69, 9.17) is 9.73 Å². The molecule has 32 heavy (non-hydrogen) atoms. The number of hydrogen-bond donors (Lipinski definition) is 3. The minimum Gasteiger partial charge on any atom is -0.387 e. The average Bonchev–Trinajstić information content (AvgIpc) is 3.06. The summed E-state index contributed by atoms with van der Waals surface area (Å²) < 4.78 is 5.40. The second-order valence-corrected chi connectivity index (χ2v) is 9.44. The first-order valence-electron chi connectivity index (χ1n) is 12.4. The third-order valence-corrected chi connectivity index (χ3v) is 6.20. The smallest absolute Gasteiger partial charge is 0.191 e. The van der Waals surface area contributed by atoms with Crippen molar-refractivity contribution in [1.29, 1.82) is 0 Å². The molecule has 0 radical (unpaired) electrons. The standard InChI is InChI=1S/C25H43N5O2/c1-3-26-24(28-20-25(2,31)21-30-14-16-32-17-15-30)27-18-22-8-10-23(11-9-22)19-29-12-6-4-5-7-13-29/h8-11,31H,3-7,12-21H2,1-2H3,(H2,26,27,28). The number of rotatable bonds is 9. The highest BCUT2D eigenvalue weighted by molar-refractivity contribution is 5.79. The van der Waals surface area contributed by atoms with Crippen LogP contribution in [-0.2, 0) is 17.8 Å². The van der Waals surface area contributed by atoms with Gasteiger partial charge in [-0.05, 0) is 50.9 Å². The average molecular weight is 446 g/mol. The van der Waals surface area contributed by atoms with Gasteiger partial charge in [0, 0.05) is 39.3 Å². The van der Waals surface area contributed by atoms with Crippen molar-refractivity contribution in [3.8, 4) is 0 Å². The highest BCUT2D eigenvalue weighted by Gasteiger charge is 2.25. The molecule has 7 nitrogen and oxygen atoms in total. The Morgan fingerprint density at radius 2 is 1.62 bits per heavy atom. The monoisotopic (exact) mass is 445 g/mol. The van der Waals surface area contributed by atoms with Crippen LogP contribution in [0.25, 0.3) is 0 Å². The minimum atomic E-state index is -0.831. The number of benzene rings is 1. The van der Waals surface area contributed by atoms with Crippen molar-refractivity contribution in [2.75, 3.05) is 59.0 Å². The molecule has 1 aromatic rings. The summed E-state index contributed by atoms with van der Waals surface area (Å²) in [6, 6.07) is 8.86. The zero-order chi connectivity index (χ0) is 22.7. The van der Waals surface area contributed by atoms with E-state index in [1.807, 2.05) is 6.92 Å². The predicted octanol–water partition coefficient (Wildman–Crippen LogP) is 2.20. The maximum atomic E-state index is 10.8. The summed E-state index contributed by atoms with van der Waals surface area (Å²) in [6.07, 6.45) is 5.40. The summed E-state index contributed by atoms with van der Waals surface area (Å²) >= 11 is 0. The van der Waals surface area contributed by atoms with Gasteiger partial charge in [0.1, 0.15) is 0 Å². The quantitative estimate of drug-likeness (QED) is 0.400. The Hall–Kier alpha value is -1.67. The lowest BCUT2D eigenvalue weighted by molar-refractivity contribution is -0.0201. The van der Waals surface area contributed by atoms with E-state index in [0.29, 0.717) is 19.6 Å². The van der Waals surface area contributed by atoms with Crippen LogP contribution in [0.3, 0.4) is 0 Å². The number of ether oxygens (including phenoxy) is 1. The number of morpholine rings is 1. The van der Waals surface area contributed by atoms with Crippen molar-refractivity contribution < 1.29 is 9.84 Å². The van der Waals surface area contributed by atoms with E-state index in [1.54, 1.807) is 0 Å². The van der Waals surface area contributed by atoms with Crippen molar-refractivity contribution in [3.63, 3.8) is 0 Å². The molecule has 0 amide bonds. The Bertz CT molecular complexity index is 678. The lowest BCUT2D eigenvalue weighted by Gasteiger charge is -2.34. The van der Waals surface area contributed by atoms with Crippen LogP contribution in [0.5, 0.6) is 0 Å². The Morgan fingerprint density at radius 3 is 2.28 bits per heavy atom. The molecule has 3 N–H and O–H groups in total. The van der Waals surface area contributed by atoms with E-state index in [2.05, 4.69) is 51.6 Å². The summed E-state index contributed by atoms with van der Waals surface area (Å²) in [5, 5.41) is 17.4. The molecule has 0 spiro atoms. The summed E-state index contributed by atoms with van der Waals surface area (Å²) in [4.78, 5) is 9.56.